The van der Waals surface area contributed by atoms with Crippen LogP contribution >= 0.6 is 15.9 Å². The minimum absolute atomic E-state index is 0.0244. The summed E-state index contributed by atoms with van der Waals surface area (Å²) in [5.41, 5.74) is 3.74. The third kappa shape index (κ3) is 4.32. The molecule has 0 aliphatic heterocycles. The highest BCUT2D eigenvalue weighted by Crippen LogP contribution is 2.26. The highest BCUT2D eigenvalue weighted by atomic mass is 79.9. The van der Waals surface area contributed by atoms with E-state index in [9.17, 15) is 14.9 Å². The summed E-state index contributed by atoms with van der Waals surface area (Å²) in [6, 6.07) is 8.78. The standard InChI is InChI=1S/C17H18BrN3O3/c1-10-6-12(3)16(21(23)24)8-15(10)19-9-17(22)20-14-5-4-13(18)7-11(14)2/h4-8,19H,9H2,1-3H3,(H,20,22). The Bertz CT molecular complexity index is 806. The van der Waals surface area contributed by atoms with Gasteiger partial charge >= 0.3 is 0 Å². The van der Waals surface area contributed by atoms with Gasteiger partial charge in [0.05, 0.1) is 11.5 Å². The van der Waals surface area contributed by atoms with Crippen molar-refractivity contribution in [1.29, 1.82) is 0 Å². The summed E-state index contributed by atoms with van der Waals surface area (Å²) >= 11 is 3.38. The molecule has 0 aromatic heterocycles. The first-order chi connectivity index (χ1) is 11.3. The molecule has 0 spiro atoms. The van der Waals surface area contributed by atoms with Gasteiger partial charge in [0, 0.05) is 27.5 Å². The lowest BCUT2D eigenvalue weighted by Gasteiger charge is -2.12. The van der Waals surface area contributed by atoms with E-state index in [0.717, 1.165) is 21.3 Å². The van der Waals surface area contributed by atoms with Gasteiger partial charge in [0.15, 0.2) is 0 Å². The molecule has 126 valence electrons. The zero-order valence-corrected chi connectivity index (χ0v) is 15.2. The van der Waals surface area contributed by atoms with E-state index in [1.807, 2.05) is 32.0 Å². The number of nitrogens with zero attached hydrogens (tertiary/aromatic N) is 1. The first kappa shape index (κ1) is 17.9. The number of hydrogen-bond donors (Lipinski definition) is 2. The molecule has 6 nitrogen and oxygen atoms in total. The predicted octanol–water partition coefficient (Wildman–Crippen LogP) is 4.33. The maximum absolute atomic E-state index is 12.1. The molecule has 0 fully saturated rings. The first-order valence-electron chi connectivity index (χ1n) is 7.33. The van der Waals surface area contributed by atoms with E-state index >= 15 is 0 Å². The summed E-state index contributed by atoms with van der Waals surface area (Å²) in [5.74, 6) is -0.219. The Morgan fingerprint density at radius 2 is 1.75 bits per heavy atom. The molecule has 2 aromatic carbocycles. The fourth-order valence-electron chi connectivity index (χ4n) is 2.37. The number of carbonyl (C=O) groups is 1. The third-order valence-electron chi connectivity index (χ3n) is 3.64. The van der Waals surface area contributed by atoms with Crippen molar-refractivity contribution in [1.82, 2.24) is 0 Å². The molecule has 0 aliphatic carbocycles. The number of nitro benzene ring substituents is 1. The number of halogens is 1. The number of amides is 1. The Kier molecular flexibility index (Phi) is 5.56. The van der Waals surface area contributed by atoms with Crippen molar-refractivity contribution in [2.45, 2.75) is 20.8 Å². The van der Waals surface area contributed by atoms with E-state index in [1.54, 1.807) is 13.0 Å². The Morgan fingerprint density at radius 1 is 1.08 bits per heavy atom. The van der Waals surface area contributed by atoms with E-state index in [-0.39, 0.29) is 18.1 Å². The number of aryl methyl sites for hydroxylation is 3. The Hall–Kier alpha value is -2.41. The second-order valence-corrected chi connectivity index (χ2v) is 6.49. The van der Waals surface area contributed by atoms with Crippen LogP contribution in [0.3, 0.4) is 0 Å². The van der Waals surface area contributed by atoms with Crippen molar-refractivity contribution >= 4 is 38.9 Å². The molecule has 0 atom stereocenters. The molecule has 7 heteroatoms. The SMILES string of the molecule is Cc1cc(C)c([N+](=O)[O-])cc1NCC(=O)Nc1ccc(Br)cc1C. The average molecular weight is 392 g/mol. The van der Waals surface area contributed by atoms with Gasteiger partial charge in [-0.1, -0.05) is 15.9 Å². The van der Waals surface area contributed by atoms with Crippen LogP contribution in [0.15, 0.2) is 34.8 Å². The van der Waals surface area contributed by atoms with Gasteiger partial charge in [-0.25, -0.2) is 0 Å². The van der Waals surface area contributed by atoms with Crippen molar-refractivity contribution in [2.24, 2.45) is 0 Å². The van der Waals surface area contributed by atoms with Crippen LogP contribution in [0.5, 0.6) is 0 Å². The van der Waals surface area contributed by atoms with Gasteiger partial charge in [0.1, 0.15) is 0 Å². The van der Waals surface area contributed by atoms with Crippen LogP contribution in [0.4, 0.5) is 17.1 Å². The summed E-state index contributed by atoms with van der Waals surface area (Å²) in [6.45, 7) is 5.46. The second kappa shape index (κ2) is 7.44. The summed E-state index contributed by atoms with van der Waals surface area (Å²) in [4.78, 5) is 22.7. The van der Waals surface area contributed by atoms with Crippen LogP contribution in [-0.2, 0) is 4.79 Å². The molecule has 0 aliphatic rings. The molecule has 0 bridgehead atoms. The number of rotatable bonds is 5. The normalized spacial score (nSPS) is 10.3. The summed E-state index contributed by atoms with van der Waals surface area (Å²) in [7, 11) is 0. The number of nitrogens with one attached hydrogen (secondary N) is 2. The van der Waals surface area contributed by atoms with Crippen molar-refractivity contribution < 1.29 is 9.72 Å². The van der Waals surface area contributed by atoms with Gasteiger partial charge in [-0.05, 0) is 56.2 Å². The smallest absolute Gasteiger partial charge is 0.274 e. The van der Waals surface area contributed by atoms with E-state index in [4.69, 9.17) is 0 Å². The zero-order chi connectivity index (χ0) is 17.9. The Morgan fingerprint density at radius 3 is 2.38 bits per heavy atom. The highest BCUT2D eigenvalue weighted by Gasteiger charge is 2.14. The van der Waals surface area contributed by atoms with E-state index in [2.05, 4.69) is 26.6 Å². The lowest BCUT2D eigenvalue weighted by atomic mass is 10.1. The van der Waals surface area contributed by atoms with Crippen molar-refractivity contribution in [2.75, 3.05) is 17.2 Å². The number of nitro groups is 1. The van der Waals surface area contributed by atoms with Gasteiger partial charge < -0.3 is 10.6 Å². The molecule has 0 heterocycles. The van der Waals surface area contributed by atoms with Crippen LogP contribution in [0.2, 0.25) is 0 Å². The second-order valence-electron chi connectivity index (χ2n) is 5.57. The van der Waals surface area contributed by atoms with Gasteiger partial charge in [-0.3, -0.25) is 14.9 Å². The van der Waals surface area contributed by atoms with Crippen molar-refractivity contribution in [3.63, 3.8) is 0 Å². The Labute approximate surface area is 148 Å². The molecule has 0 radical (unpaired) electrons. The fourth-order valence-corrected chi connectivity index (χ4v) is 2.84. The largest absolute Gasteiger partial charge is 0.376 e. The molecular weight excluding hydrogens is 374 g/mol. The zero-order valence-electron chi connectivity index (χ0n) is 13.6. The Balaban J connectivity index is 2.06. The number of benzene rings is 2. The molecule has 0 saturated heterocycles. The predicted molar refractivity (Wildman–Crippen MR) is 98.6 cm³/mol. The minimum Gasteiger partial charge on any atom is -0.376 e. The van der Waals surface area contributed by atoms with Gasteiger partial charge in [0.2, 0.25) is 5.91 Å². The molecule has 0 unspecified atom stereocenters. The lowest BCUT2D eigenvalue weighted by molar-refractivity contribution is -0.385. The van der Waals surface area contributed by atoms with Crippen LogP contribution in [0.1, 0.15) is 16.7 Å². The third-order valence-corrected chi connectivity index (χ3v) is 4.13. The first-order valence-corrected chi connectivity index (χ1v) is 8.12. The number of anilines is 2. The lowest BCUT2D eigenvalue weighted by Crippen LogP contribution is -2.22. The van der Waals surface area contributed by atoms with Crippen LogP contribution in [0, 0.1) is 30.9 Å². The van der Waals surface area contributed by atoms with Gasteiger partial charge in [0.25, 0.3) is 5.69 Å². The van der Waals surface area contributed by atoms with Gasteiger partial charge in [-0.15, -0.1) is 0 Å². The minimum atomic E-state index is -0.425. The number of carbonyl (C=O) groups excluding carboxylic acids is 1. The van der Waals surface area contributed by atoms with Crippen molar-refractivity contribution in [3.8, 4) is 0 Å². The van der Waals surface area contributed by atoms with Crippen LogP contribution in [0.25, 0.3) is 0 Å². The molecule has 0 saturated carbocycles. The van der Waals surface area contributed by atoms with E-state index in [1.165, 1.54) is 6.07 Å². The summed E-state index contributed by atoms with van der Waals surface area (Å²) < 4.78 is 0.943. The van der Waals surface area contributed by atoms with E-state index in [0.29, 0.717) is 11.3 Å². The summed E-state index contributed by atoms with van der Waals surface area (Å²) in [5, 5.41) is 16.8. The maximum atomic E-state index is 12.1. The number of hydrogen-bond acceptors (Lipinski definition) is 4. The molecular formula is C17H18BrN3O3. The molecule has 24 heavy (non-hydrogen) atoms. The molecule has 2 N–H and O–H groups in total. The fraction of sp³-hybridized carbons (Fsp3) is 0.235. The van der Waals surface area contributed by atoms with Crippen LogP contribution < -0.4 is 10.6 Å². The van der Waals surface area contributed by atoms with Crippen molar-refractivity contribution in [3.05, 3.63) is 61.6 Å². The highest BCUT2D eigenvalue weighted by molar-refractivity contribution is 9.10. The topological polar surface area (TPSA) is 84.3 Å². The monoisotopic (exact) mass is 391 g/mol. The van der Waals surface area contributed by atoms with Gasteiger partial charge in [-0.2, -0.15) is 0 Å². The quantitative estimate of drug-likeness (QED) is 0.586. The average Bonchev–Trinajstić information content (AvgIpc) is 2.49. The van der Waals surface area contributed by atoms with Crippen LogP contribution in [-0.4, -0.2) is 17.4 Å². The molecule has 1 amide bonds. The molecule has 2 rings (SSSR count). The van der Waals surface area contributed by atoms with E-state index < -0.39 is 4.92 Å². The summed E-state index contributed by atoms with van der Waals surface area (Å²) in [6.07, 6.45) is 0. The maximum Gasteiger partial charge on any atom is 0.274 e. The molecule has 2 aromatic rings.